The van der Waals surface area contributed by atoms with Gasteiger partial charge in [0.25, 0.3) is 0 Å². The van der Waals surface area contributed by atoms with E-state index in [9.17, 15) is 30.8 Å². The van der Waals surface area contributed by atoms with Gasteiger partial charge in [0, 0.05) is 37.3 Å². The smallest absolute Gasteiger partial charge is 0.406 e. The van der Waals surface area contributed by atoms with Crippen LogP contribution in [0.3, 0.4) is 0 Å². The Morgan fingerprint density at radius 2 is 1.75 bits per heavy atom. The molecule has 1 saturated heterocycles. The molecule has 174 valence electrons. The van der Waals surface area contributed by atoms with Gasteiger partial charge in [-0.15, -0.1) is 13.2 Å². The zero-order valence-corrected chi connectivity index (χ0v) is 18.0. The van der Waals surface area contributed by atoms with Gasteiger partial charge in [-0.1, -0.05) is 6.07 Å². The van der Waals surface area contributed by atoms with Crippen molar-refractivity contribution in [1.29, 1.82) is 0 Å². The van der Waals surface area contributed by atoms with Gasteiger partial charge >= 0.3 is 6.36 Å². The summed E-state index contributed by atoms with van der Waals surface area (Å²) in [5.41, 5.74) is 0.551. The van der Waals surface area contributed by atoms with Crippen LogP contribution in [-0.4, -0.2) is 44.6 Å². The fourth-order valence-electron chi connectivity index (χ4n) is 3.63. The summed E-state index contributed by atoms with van der Waals surface area (Å²) >= 11 is 0. The van der Waals surface area contributed by atoms with Gasteiger partial charge in [-0.2, -0.15) is 4.31 Å². The van der Waals surface area contributed by atoms with Gasteiger partial charge in [0.1, 0.15) is 11.6 Å². The second kappa shape index (κ2) is 9.45. The molecular weight excluding hydrogens is 452 g/mol. The molecule has 0 atom stereocenters. The number of hydrogen-bond donors (Lipinski definition) is 0. The quantitative estimate of drug-likeness (QED) is 0.590. The normalized spacial score (nSPS) is 16.0. The van der Waals surface area contributed by atoms with Gasteiger partial charge in [0.15, 0.2) is 0 Å². The van der Waals surface area contributed by atoms with Crippen molar-refractivity contribution < 1.29 is 35.5 Å². The van der Waals surface area contributed by atoms with E-state index in [-0.39, 0.29) is 36.7 Å². The molecule has 1 aliphatic heterocycles. The molecule has 0 spiro atoms. The second-order valence-corrected chi connectivity index (χ2v) is 9.20. The zero-order valence-electron chi connectivity index (χ0n) is 17.2. The van der Waals surface area contributed by atoms with Crippen molar-refractivity contribution in [1.82, 2.24) is 4.31 Å². The summed E-state index contributed by atoms with van der Waals surface area (Å²) in [6.45, 7) is 2.25. The largest absolute Gasteiger partial charge is 0.573 e. The van der Waals surface area contributed by atoms with Gasteiger partial charge < -0.3 is 9.64 Å². The lowest BCUT2D eigenvalue weighted by Gasteiger charge is -2.33. The van der Waals surface area contributed by atoms with Crippen LogP contribution in [0.15, 0.2) is 53.4 Å². The Kier molecular flexibility index (Phi) is 7.09. The summed E-state index contributed by atoms with van der Waals surface area (Å²) in [4.78, 5) is 14.2. The summed E-state index contributed by atoms with van der Waals surface area (Å²) in [6, 6.07) is 9.75. The van der Waals surface area contributed by atoms with Crippen LogP contribution in [0.1, 0.15) is 19.8 Å². The van der Waals surface area contributed by atoms with Crippen LogP contribution in [0.4, 0.5) is 23.2 Å². The third kappa shape index (κ3) is 5.57. The van der Waals surface area contributed by atoms with Gasteiger partial charge in [0.05, 0.1) is 4.90 Å². The monoisotopic (exact) mass is 474 g/mol. The Morgan fingerprint density at radius 3 is 2.31 bits per heavy atom. The summed E-state index contributed by atoms with van der Waals surface area (Å²) in [5.74, 6) is -1.65. The van der Waals surface area contributed by atoms with E-state index < -0.39 is 33.9 Å². The topological polar surface area (TPSA) is 66.9 Å². The molecule has 6 nitrogen and oxygen atoms in total. The molecule has 1 heterocycles. The average molecular weight is 474 g/mol. The van der Waals surface area contributed by atoms with Crippen molar-refractivity contribution in [2.45, 2.75) is 31.0 Å². The van der Waals surface area contributed by atoms with E-state index in [1.807, 2.05) is 0 Å². The highest BCUT2D eigenvalue weighted by molar-refractivity contribution is 7.89. The van der Waals surface area contributed by atoms with Crippen LogP contribution in [0.5, 0.6) is 5.75 Å². The van der Waals surface area contributed by atoms with Crippen molar-refractivity contribution in [3.8, 4) is 5.75 Å². The number of sulfonamides is 1. The Morgan fingerprint density at radius 1 is 1.12 bits per heavy atom. The van der Waals surface area contributed by atoms with Crippen molar-refractivity contribution in [3.05, 3.63) is 54.3 Å². The highest BCUT2D eigenvalue weighted by Crippen LogP contribution is 2.30. The molecule has 0 radical (unpaired) electrons. The maximum Gasteiger partial charge on any atom is 0.573 e. The van der Waals surface area contributed by atoms with Gasteiger partial charge in [-0.3, -0.25) is 4.79 Å². The Labute approximate surface area is 183 Å². The number of anilines is 1. The number of piperidine rings is 1. The molecule has 11 heteroatoms. The number of carbonyl (C=O) groups excluding carboxylic acids is 1. The Hall–Kier alpha value is -2.66. The average Bonchev–Trinajstić information content (AvgIpc) is 2.74. The van der Waals surface area contributed by atoms with Gasteiger partial charge in [0.2, 0.25) is 15.9 Å². The summed E-state index contributed by atoms with van der Waals surface area (Å²) < 4.78 is 81.2. The zero-order chi connectivity index (χ0) is 23.5. The fourth-order valence-corrected chi connectivity index (χ4v) is 5.14. The molecule has 1 fully saturated rings. The molecule has 0 bridgehead atoms. The van der Waals surface area contributed by atoms with Crippen LogP contribution < -0.4 is 9.64 Å². The lowest BCUT2D eigenvalue weighted by molar-refractivity contribution is -0.274. The van der Waals surface area contributed by atoms with Crippen molar-refractivity contribution in [2.24, 2.45) is 5.92 Å². The summed E-state index contributed by atoms with van der Waals surface area (Å²) in [7, 11) is -4.05. The van der Waals surface area contributed by atoms with Crippen molar-refractivity contribution >= 4 is 21.6 Å². The lowest BCUT2D eigenvalue weighted by atomic mass is 9.96. The van der Waals surface area contributed by atoms with Crippen LogP contribution in [0, 0.1) is 11.7 Å². The molecule has 0 unspecified atom stereocenters. The van der Waals surface area contributed by atoms with Crippen LogP contribution in [0.25, 0.3) is 0 Å². The highest BCUT2D eigenvalue weighted by Gasteiger charge is 2.35. The first-order valence-electron chi connectivity index (χ1n) is 9.94. The molecular formula is C21H22F4N2O4S. The Balaban J connectivity index is 1.68. The number of ether oxygens (including phenoxy) is 1. The summed E-state index contributed by atoms with van der Waals surface area (Å²) in [5, 5.41) is 0. The maximum atomic E-state index is 13.2. The van der Waals surface area contributed by atoms with Crippen LogP contribution in [-0.2, 0) is 14.8 Å². The van der Waals surface area contributed by atoms with E-state index in [0.717, 1.165) is 16.4 Å². The highest BCUT2D eigenvalue weighted by atomic mass is 32.2. The van der Waals surface area contributed by atoms with E-state index in [1.54, 1.807) is 6.92 Å². The number of halogens is 4. The molecule has 0 aromatic heterocycles. The fraction of sp³-hybridized carbons (Fsp3) is 0.381. The maximum absolute atomic E-state index is 13.2. The van der Waals surface area contributed by atoms with Crippen molar-refractivity contribution in [3.63, 3.8) is 0 Å². The van der Waals surface area contributed by atoms with Crippen LogP contribution in [0.2, 0.25) is 0 Å². The third-order valence-corrected chi connectivity index (χ3v) is 7.10. The minimum Gasteiger partial charge on any atom is -0.406 e. The predicted molar refractivity (Wildman–Crippen MR) is 109 cm³/mol. The van der Waals surface area contributed by atoms with Crippen molar-refractivity contribution in [2.75, 3.05) is 24.5 Å². The lowest BCUT2D eigenvalue weighted by Crippen LogP contribution is -2.44. The first-order valence-corrected chi connectivity index (χ1v) is 11.4. The number of benzene rings is 2. The first-order chi connectivity index (χ1) is 15.0. The number of rotatable bonds is 6. The predicted octanol–water partition coefficient (Wildman–Crippen LogP) is 4.18. The number of hydrogen-bond acceptors (Lipinski definition) is 4. The van der Waals surface area contributed by atoms with E-state index in [4.69, 9.17) is 0 Å². The minimum atomic E-state index is -4.93. The standard InChI is InChI=1S/C21H22F4N2O4S/c1-2-27(17-8-6-16(22)7-9-17)20(28)15-10-12-26(13-11-15)32(29,30)19-5-3-4-18(14-19)31-21(23,24)25/h3-9,14-15H,2,10-13H2,1H3. The minimum absolute atomic E-state index is 0.0457. The molecule has 0 saturated carbocycles. The number of amides is 1. The van der Waals surface area contributed by atoms with Gasteiger partial charge in [-0.05, 0) is 56.2 Å². The number of alkyl halides is 3. The molecule has 2 aromatic carbocycles. The molecule has 0 N–H and O–H groups in total. The van der Waals surface area contributed by atoms with E-state index >= 15 is 0 Å². The summed E-state index contributed by atoms with van der Waals surface area (Å²) in [6.07, 6.45) is -4.42. The molecule has 3 rings (SSSR count). The number of nitrogens with zero attached hydrogens (tertiary/aromatic N) is 2. The van der Waals surface area contributed by atoms with E-state index in [2.05, 4.69) is 4.74 Å². The van der Waals surface area contributed by atoms with E-state index in [0.29, 0.717) is 12.2 Å². The van der Waals surface area contributed by atoms with Crippen LogP contribution >= 0.6 is 0 Å². The third-order valence-electron chi connectivity index (χ3n) is 5.20. The van der Waals surface area contributed by atoms with E-state index in [1.165, 1.54) is 41.3 Å². The van der Waals surface area contributed by atoms with Gasteiger partial charge in [-0.25, -0.2) is 12.8 Å². The molecule has 1 aliphatic rings. The SMILES string of the molecule is CCN(C(=O)C1CCN(S(=O)(=O)c2cccc(OC(F)(F)F)c2)CC1)c1ccc(F)cc1. The Bertz CT molecular complexity index is 1050. The molecule has 1 amide bonds. The second-order valence-electron chi connectivity index (χ2n) is 7.26. The molecule has 2 aromatic rings. The molecule has 32 heavy (non-hydrogen) atoms. The number of carbonyl (C=O) groups is 1. The molecule has 0 aliphatic carbocycles. The first kappa shape index (κ1) is 24.0.